The van der Waals surface area contributed by atoms with E-state index < -0.39 is 0 Å². The third-order valence-corrected chi connectivity index (χ3v) is 3.37. The zero-order valence-corrected chi connectivity index (χ0v) is 9.97. The summed E-state index contributed by atoms with van der Waals surface area (Å²) in [5.74, 6) is 0.894. The highest BCUT2D eigenvalue weighted by molar-refractivity contribution is 5.78. The van der Waals surface area contributed by atoms with Gasteiger partial charge in [-0.25, -0.2) is 9.97 Å². The summed E-state index contributed by atoms with van der Waals surface area (Å²) in [6.45, 7) is 2.19. The predicted octanol–water partition coefficient (Wildman–Crippen LogP) is 3.01. The molecule has 1 aliphatic heterocycles. The van der Waals surface area contributed by atoms with E-state index in [2.05, 4.69) is 27.0 Å². The second kappa shape index (κ2) is 4.70. The van der Waals surface area contributed by atoms with Gasteiger partial charge in [0.1, 0.15) is 0 Å². The van der Waals surface area contributed by atoms with Crippen LogP contribution in [0.3, 0.4) is 0 Å². The summed E-state index contributed by atoms with van der Waals surface area (Å²) in [6, 6.07) is 8.17. The average molecular weight is 227 g/mol. The van der Waals surface area contributed by atoms with Crippen molar-refractivity contribution in [3.8, 4) is 0 Å². The van der Waals surface area contributed by atoms with Gasteiger partial charge in [0.05, 0.1) is 5.52 Å². The minimum absolute atomic E-state index is 0.894. The van der Waals surface area contributed by atoms with Crippen LogP contribution in [-0.2, 0) is 0 Å². The SMILES string of the molecule is c1ccc2nc(N3CCCCCC3)ncc2c1. The Bertz CT molecular complexity index is 502. The van der Waals surface area contributed by atoms with E-state index >= 15 is 0 Å². The molecule has 0 N–H and O–H groups in total. The standard InChI is InChI=1S/C14H17N3/c1-2-6-10-17(9-5-1)14-15-11-12-7-3-4-8-13(12)16-14/h3-4,7-8,11H,1-2,5-6,9-10H2. The van der Waals surface area contributed by atoms with E-state index in [0.29, 0.717) is 0 Å². The number of anilines is 1. The molecule has 0 spiro atoms. The first-order chi connectivity index (χ1) is 8.43. The molecule has 0 bridgehead atoms. The maximum atomic E-state index is 4.66. The molecule has 1 saturated heterocycles. The van der Waals surface area contributed by atoms with Crippen molar-refractivity contribution < 1.29 is 0 Å². The third-order valence-electron chi connectivity index (χ3n) is 3.37. The highest BCUT2D eigenvalue weighted by atomic mass is 15.2. The molecule has 3 nitrogen and oxygen atoms in total. The second-order valence-corrected chi connectivity index (χ2v) is 4.63. The van der Waals surface area contributed by atoms with Crippen molar-refractivity contribution in [1.29, 1.82) is 0 Å². The molecular weight excluding hydrogens is 210 g/mol. The molecule has 17 heavy (non-hydrogen) atoms. The van der Waals surface area contributed by atoms with Crippen molar-refractivity contribution in [2.45, 2.75) is 25.7 Å². The number of fused-ring (bicyclic) bond motifs is 1. The molecule has 2 heterocycles. The summed E-state index contributed by atoms with van der Waals surface area (Å²) < 4.78 is 0. The topological polar surface area (TPSA) is 29.0 Å². The van der Waals surface area contributed by atoms with Gasteiger partial charge in [-0.05, 0) is 18.9 Å². The third kappa shape index (κ3) is 2.23. The number of hydrogen-bond acceptors (Lipinski definition) is 3. The van der Waals surface area contributed by atoms with E-state index in [4.69, 9.17) is 0 Å². The first-order valence-electron chi connectivity index (χ1n) is 6.40. The fourth-order valence-corrected chi connectivity index (χ4v) is 2.39. The van der Waals surface area contributed by atoms with Gasteiger partial charge >= 0.3 is 0 Å². The van der Waals surface area contributed by atoms with Gasteiger partial charge in [-0.2, -0.15) is 0 Å². The molecule has 88 valence electrons. The van der Waals surface area contributed by atoms with Crippen LogP contribution < -0.4 is 4.90 Å². The van der Waals surface area contributed by atoms with Crippen molar-refractivity contribution in [2.24, 2.45) is 0 Å². The summed E-state index contributed by atoms with van der Waals surface area (Å²) >= 11 is 0. The summed E-state index contributed by atoms with van der Waals surface area (Å²) in [4.78, 5) is 11.5. The fourth-order valence-electron chi connectivity index (χ4n) is 2.39. The van der Waals surface area contributed by atoms with Gasteiger partial charge in [-0.3, -0.25) is 0 Å². The number of nitrogens with zero attached hydrogens (tertiary/aromatic N) is 3. The first kappa shape index (κ1) is 10.5. The van der Waals surface area contributed by atoms with Crippen LogP contribution in [0.1, 0.15) is 25.7 Å². The lowest BCUT2D eigenvalue weighted by molar-refractivity contribution is 0.726. The van der Waals surface area contributed by atoms with E-state index in [1.165, 1.54) is 25.7 Å². The molecule has 0 saturated carbocycles. The Hall–Kier alpha value is -1.64. The van der Waals surface area contributed by atoms with Crippen LogP contribution in [0.25, 0.3) is 10.9 Å². The Kier molecular flexibility index (Phi) is 2.90. The molecule has 1 aromatic carbocycles. The summed E-state index contributed by atoms with van der Waals surface area (Å²) in [6.07, 6.45) is 7.13. The van der Waals surface area contributed by atoms with E-state index in [1.807, 2.05) is 18.3 Å². The van der Waals surface area contributed by atoms with Crippen LogP contribution in [0, 0.1) is 0 Å². The van der Waals surface area contributed by atoms with E-state index in [1.54, 1.807) is 0 Å². The molecule has 2 aromatic rings. The number of rotatable bonds is 1. The smallest absolute Gasteiger partial charge is 0.225 e. The summed E-state index contributed by atoms with van der Waals surface area (Å²) in [5.41, 5.74) is 1.04. The van der Waals surface area contributed by atoms with Gasteiger partial charge in [0.25, 0.3) is 0 Å². The van der Waals surface area contributed by atoms with Gasteiger partial charge in [-0.1, -0.05) is 31.0 Å². The van der Waals surface area contributed by atoms with Crippen molar-refractivity contribution in [3.63, 3.8) is 0 Å². The molecule has 1 aromatic heterocycles. The maximum absolute atomic E-state index is 4.66. The van der Waals surface area contributed by atoms with Gasteiger partial charge in [0, 0.05) is 24.7 Å². The van der Waals surface area contributed by atoms with Crippen LogP contribution in [0.2, 0.25) is 0 Å². The van der Waals surface area contributed by atoms with E-state index in [0.717, 1.165) is 29.9 Å². The van der Waals surface area contributed by atoms with E-state index in [-0.39, 0.29) is 0 Å². The Morgan fingerprint density at radius 1 is 0.941 bits per heavy atom. The van der Waals surface area contributed by atoms with Crippen molar-refractivity contribution >= 4 is 16.9 Å². The lowest BCUT2D eigenvalue weighted by Crippen LogP contribution is -2.25. The minimum atomic E-state index is 0.894. The van der Waals surface area contributed by atoms with Crippen molar-refractivity contribution in [1.82, 2.24) is 9.97 Å². The van der Waals surface area contributed by atoms with Gasteiger partial charge in [0.15, 0.2) is 0 Å². The number of benzene rings is 1. The number of aromatic nitrogens is 2. The first-order valence-corrected chi connectivity index (χ1v) is 6.40. The average Bonchev–Trinajstić information content (AvgIpc) is 2.67. The van der Waals surface area contributed by atoms with Crippen molar-refractivity contribution in [3.05, 3.63) is 30.5 Å². The zero-order valence-electron chi connectivity index (χ0n) is 9.97. The monoisotopic (exact) mass is 227 g/mol. The molecule has 1 aliphatic rings. The molecule has 1 fully saturated rings. The summed E-state index contributed by atoms with van der Waals surface area (Å²) in [7, 11) is 0. The Labute approximate surface area is 101 Å². The largest absolute Gasteiger partial charge is 0.341 e. The highest BCUT2D eigenvalue weighted by Crippen LogP contribution is 2.18. The number of hydrogen-bond donors (Lipinski definition) is 0. The van der Waals surface area contributed by atoms with Crippen molar-refractivity contribution in [2.75, 3.05) is 18.0 Å². The fraction of sp³-hybridized carbons (Fsp3) is 0.429. The molecule has 0 amide bonds. The lowest BCUT2D eigenvalue weighted by atomic mass is 10.2. The maximum Gasteiger partial charge on any atom is 0.225 e. The summed E-state index contributed by atoms with van der Waals surface area (Å²) in [5, 5.41) is 1.12. The number of para-hydroxylation sites is 1. The van der Waals surface area contributed by atoms with Gasteiger partial charge < -0.3 is 4.90 Å². The quantitative estimate of drug-likeness (QED) is 0.750. The molecular formula is C14H17N3. The van der Waals surface area contributed by atoms with Gasteiger partial charge in [-0.15, -0.1) is 0 Å². The van der Waals surface area contributed by atoms with Crippen LogP contribution >= 0.6 is 0 Å². The second-order valence-electron chi connectivity index (χ2n) is 4.63. The molecule has 0 atom stereocenters. The molecule has 0 unspecified atom stereocenters. The van der Waals surface area contributed by atoms with Crippen LogP contribution in [0.15, 0.2) is 30.5 Å². The molecule has 0 radical (unpaired) electrons. The molecule has 0 aliphatic carbocycles. The highest BCUT2D eigenvalue weighted by Gasteiger charge is 2.12. The molecule has 3 rings (SSSR count). The van der Waals surface area contributed by atoms with E-state index in [9.17, 15) is 0 Å². The van der Waals surface area contributed by atoms with Crippen LogP contribution in [0.5, 0.6) is 0 Å². The minimum Gasteiger partial charge on any atom is -0.341 e. The lowest BCUT2D eigenvalue weighted by Gasteiger charge is -2.20. The van der Waals surface area contributed by atoms with Crippen LogP contribution in [0.4, 0.5) is 5.95 Å². The Morgan fingerprint density at radius 2 is 1.71 bits per heavy atom. The van der Waals surface area contributed by atoms with Gasteiger partial charge in [0.2, 0.25) is 5.95 Å². The normalized spacial score (nSPS) is 17.1. The Balaban J connectivity index is 1.93. The zero-order chi connectivity index (χ0) is 11.5. The van der Waals surface area contributed by atoms with Crippen LogP contribution in [-0.4, -0.2) is 23.1 Å². The predicted molar refractivity (Wildman–Crippen MR) is 70.2 cm³/mol. The molecule has 3 heteroatoms. The Morgan fingerprint density at radius 3 is 2.53 bits per heavy atom.